The molecule has 0 aromatic heterocycles. The fraction of sp³-hybridized carbons (Fsp3) is 0.417. The molecule has 0 radical (unpaired) electrons. The zero-order valence-electron chi connectivity index (χ0n) is 18.4. The van der Waals surface area contributed by atoms with E-state index in [2.05, 4.69) is 10.1 Å². The minimum absolute atomic E-state index is 0. The summed E-state index contributed by atoms with van der Waals surface area (Å²) in [6, 6.07) is 11.6. The molecule has 1 N–H and O–H groups in total. The molecule has 9 heteroatoms. The number of hydrogen-bond donors (Lipinski definition) is 1. The highest BCUT2D eigenvalue weighted by atomic mass is 35.5. The average Bonchev–Trinajstić information content (AvgIpc) is 3.16. The van der Waals surface area contributed by atoms with Gasteiger partial charge in [0.05, 0.1) is 0 Å². The van der Waals surface area contributed by atoms with Crippen molar-refractivity contribution in [3.8, 4) is 5.75 Å². The van der Waals surface area contributed by atoms with E-state index in [9.17, 15) is 22.8 Å². The van der Waals surface area contributed by atoms with Gasteiger partial charge in [0.2, 0.25) is 5.91 Å². The van der Waals surface area contributed by atoms with E-state index >= 15 is 0 Å². The number of ketones is 1. The second-order valence-corrected chi connectivity index (χ2v) is 7.80. The zero-order chi connectivity index (χ0) is 23.1. The topological polar surface area (TPSA) is 58.6 Å². The van der Waals surface area contributed by atoms with Crippen LogP contribution in [0, 0.1) is 0 Å². The molecule has 2 aromatic rings. The average molecular weight is 485 g/mol. The summed E-state index contributed by atoms with van der Waals surface area (Å²) in [5, 5.41) is 3.20. The number of carbonyl (C=O) groups excluding carboxylic acids is 2. The predicted octanol–water partition coefficient (Wildman–Crippen LogP) is 5.10. The van der Waals surface area contributed by atoms with Gasteiger partial charge in [0.15, 0.2) is 5.78 Å². The van der Waals surface area contributed by atoms with E-state index in [-0.39, 0.29) is 29.8 Å². The monoisotopic (exact) mass is 484 g/mol. The number of alkyl halides is 3. The van der Waals surface area contributed by atoms with Gasteiger partial charge in [-0.3, -0.25) is 9.59 Å². The Morgan fingerprint density at radius 1 is 1.09 bits per heavy atom. The Bertz CT molecular complexity index is 966. The van der Waals surface area contributed by atoms with Crippen LogP contribution in [0.3, 0.4) is 0 Å². The first kappa shape index (κ1) is 26.7. The molecule has 1 heterocycles. The Kier molecular flexibility index (Phi) is 9.73. The molecule has 1 aliphatic heterocycles. The normalized spacial score (nSPS) is 12.8. The van der Waals surface area contributed by atoms with Crippen LogP contribution in [0.1, 0.15) is 47.7 Å². The lowest BCUT2D eigenvalue weighted by atomic mass is 10.0. The van der Waals surface area contributed by atoms with Crippen molar-refractivity contribution < 1.29 is 27.5 Å². The number of fused-ring (bicyclic) bond motifs is 1. The van der Waals surface area contributed by atoms with Gasteiger partial charge in [-0.2, -0.15) is 0 Å². The number of ether oxygens (including phenoxy) is 1. The molecule has 0 saturated heterocycles. The van der Waals surface area contributed by atoms with Gasteiger partial charge in [-0.05, 0) is 74.2 Å². The molecule has 0 fully saturated rings. The van der Waals surface area contributed by atoms with E-state index in [4.69, 9.17) is 0 Å². The van der Waals surface area contributed by atoms with Gasteiger partial charge in [0.25, 0.3) is 0 Å². The van der Waals surface area contributed by atoms with Crippen LogP contribution < -0.4 is 15.0 Å². The second kappa shape index (κ2) is 12.0. The van der Waals surface area contributed by atoms with Crippen molar-refractivity contribution in [3.05, 3.63) is 59.2 Å². The Labute approximate surface area is 197 Å². The Morgan fingerprint density at radius 2 is 1.85 bits per heavy atom. The fourth-order valence-electron chi connectivity index (χ4n) is 3.86. The number of anilines is 1. The van der Waals surface area contributed by atoms with E-state index < -0.39 is 6.36 Å². The molecular weight excluding hydrogens is 457 g/mol. The predicted molar refractivity (Wildman–Crippen MR) is 123 cm³/mol. The molecule has 0 unspecified atom stereocenters. The number of Topliss-reactive ketones (excluding diaryl/α,β-unsaturated/α-hetero) is 1. The van der Waals surface area contributed by atoms with E-state index in [1.807, 2.05) is 12.1 Å². The molecule has 0 spiro atoms. The van der Waals surface area contributed by atoms with Crippen molar-refractivity contribution >= 4 is 29.8 Å². The van der Waals surface area contributed by atoms with Gasteiger partial charge in [0.1, 0.15) is 5.75 Å². The van der Waals surface area contributed by atoms with Crippen molar-refractivity contribution in [1.29, 1.82) is 0 Å². The Morgan fingerprint density at radius 3 is 2.58 bits per heavy atom. The number of nitrogens with one attached hydrogen (secondary N) is 1. The third-order valence-electron chi connectivity index (χ3n) is 5.45. The van der Waals surface area contributed by atoms with Gasteiger partial charge in [-0.1, -0.05) is 18.2 Å². The third-order valence-corrected chi connectivity index (χ3v) is 5.45. The SMILES string of the molecule is CC(=O)N1CCc2cc(C(=O)CCCCNCCc3ccccc3OC(F)(F)F)ccc21.Cl. The molecule has 33 heavy (non-hydrogen) atoms. The third kappa shape index (κ3) is 7.75. The summed E-state index contributed by atoms with van der Waals surface area (Å²) in [5.74, 6) is -0.0906. The van der Waals surface area contributed by atoms with Gasteiger partial charge < -0.3 is 15.0 Å². The van der Waals surface area contributed by atoms with Crippen LogP contribution in [0.4, 0.5) is 18.9 Å². The molecule has 2 aromatic carbocycles. The summed E-state index contributed by atoms with van der Waals surface area (Å²) in [6.45, 7) is 3.38. The maximum Gasteiger partial charge on any atom is 0.573 e. The minimum Gasteiger partial charge on any atom is -0.406 e. The number of nitrogens with zero attached hydrogens (tertiary/aromatic N) is 1. The largest absolute Gasteiger partial charge is 0.573 e. The van der Waals surface area contributed by atoms with E-state index in [0.717, 1.165) is 30.5 Å². The van der Waals surface area contributed by atoms with Crippen LogP contribution in [0.5, 0.6) is 5.75 Å². The van der Waals surface area contributed by atoms with Crippen LogP contribution in [0.2, 0.25) is 0 Å². The minimum atomic E-state index is -4.71. The standard InChI is InChI=1S/C24H27F3N2O3.ClH/c1-17(30)29-15-12-19-16-20(9-10-21(19)29)22(31)7-4-5-13-28-14-11-18-6-2-3-8-23(18)32-24(25,26)27;/h2-3,6,8-10,16,28H,4-5,7,11-15H2,1H3;1H. The van der Waals surface area contributed by atoms with Crippen LogP contribution in [0.15, 0.2) is 42.5 Å². The van der Waals surface area contributed by atoms with Gasteiger partial charge in [-0.15, -0.1) is 25.6 Å². The van der Waals surface area contributed by atoms with Crippen molar-refractivity contribution in [1.82, 2.24) is 5.32 Å². The molecule has 0 bridgehead atoms. The number of amides is 1. The van der Waals surface area contributed by atoms with E-state index in [0.29, 0.717) is 43.6 Å². The maximum absolute atomic E-state index is 12.5. The van der Waals surface area contributed by atoms with Crippen molar-refractivity contribution in [2.24, 2.45) is 0 Å². The molecule has 1 aliphatic rings. The fourth-order valence-corrected chi connectivity index (χ4v) is 3.86. The molecule has 0 aliphatic carbocycles. The molecule has 3 rings (SSSR count). The Balaban J connectivity index is 0.00000385. The van der Waals surface area contributed by atoms with Crippen molar-refractivity contribution in [2.45, 2.75) is 45.4 Å². The van der Waals surface area contributed by atoms with E-state index in [1.54, 1.807) is 23.1 Å². The number of benzene rings is 2. The van der Waals surface area contributed by atoms with Crippen LogP contribution in [-0.2, 0) is 17.6 Å². The first-order chi connectivity index (χ1) is 15.2. The van der Waals surface area contributed by atoms with Crippen LogP contribution in [0.25, 0.3) is 0 Å². The summed E-state index contributed by atoms with van der Waals surface area (Å²) < 4.78 is 41.5. The zero-order valence-corrected chi connectivity index (χ0v) is 19.2. The van der Waals surface area contributed by atoms with Crippen LogP contribution in [-0.4, -0.2) is 37.7 Å². The lowest BCUT2D eigenvalue weighted by Gasteiger charge is -2.14. The number of rotatable bonds is 10. The second-order valence-electron chi connectivity index (χ2n) is 7.80. The van der Waals surface area contributed by atoms with Gasteiger partial charge in [0, 0.05) is 31.1 Å². The first-order valence-electron chi connectivity index (χ1n) is 10.7. The molecule has 180 valence electrons. The number of halogens is 4. The summed E-state index contributed by atoms with van der Waals surface area (Å²) >= 11 is 0. The number of carbonyl (C=O) groups is 2. The summed E-state index contributed by atoms with van der Waals surface area (Å²) in [4.78, 5) is 25.8. The van der Waals surface area contributed by atoms with E-state index in [1.165, 1.54) is 19.1 Å². The lowest BCUT2D eigenvalue weighted by Crippen LogP contribution is -2.25. The molecular formula is C24H28ClF3N2O3. The number of para-hydroxylation sites is 1. The highest BCUT2D eigenvalue weighted by Gasteiger charge is 2.31. The molecule has 1 amide bonds. The highest BCUT2D eigenvalue weighted by molar-refractivity contribution is 5.98. The summed E-state index contributed by atoms with van der Waals surface area (Å²) in [7, 11) is 0. The van der Waals surface area contributed by atoms with Crippen molar-refractivity contribution in [3.63, 3.8) is 0 Å². The first-order valence-corrected chi connectivity index (χ1v) is 10.7. The number of unbranched alkanes of at least 4 members (excludes halogenated alkanes) is 1. The molecule has 0 saturated carbocycles. The van der Waals surface area contributed by atoms with Crippen LogP contribution >= 0.6 is 12.4 Å². The van der Waals surface area contributed by atoms with Crippen molar-refractivity contribution in [2.75, 3.05) is 24.5 Å². The smallest absolute Gasteiger partial charge is 0.406 e. The van der Waals surface area contributed by atoms with Gasteiger partial charge in [-0.25, -0.2) is 0 Å². The Hall–Kier alpha value is -2.58. The quantitative estimate of drug-likeness (QED) is 0.376. The van der Waals surface area contributed by atoms with Gasteiger partial charge >= 0.3 is 6.36 Å². The molecule has 0 atom stereocenters. The lowest BCUT2D eigenvalue weighted by molar-refractivity contribution is -0.274. The molecule has 5 nitrogen and oxygen atoms in total. The highest BCUT2D eigenvalue weighted by Crippen LogP contribution is 2.29. The number of hydrogen-bond acceptors (Lipinski definition) is 4. The maximum atomic E-state index is 12.5. The summed E-state index contributed by atoms with van der Waals surface area (Å²) in [5.41, 5.74) is 3.08. The summed E-state index contributed by atoms with van der Waals surface area (Å²) in [6.07, 6.45) is -1.60.